The number of alkyl halides is 6. The second kappa shape index (κ2) is 9.09. The van der Waals surface area contributed by atoms with Gasteiger partial charge in [-0.05, 0) is 24.6 Å². The largest absolute Gasteiger partial charge is 0.573 e. The van der Waals surface area contributed by atoms with E-state index < -0.39 is 43.0 Å². The summed E-state index contributed by atoms with van der Waals surface area (Å²) < 4.78 is 92.8. The molecule has 1 aliphatic heterocycles. The Balaban J connectivity index is 0.00000338. The molecule has 1 aromatic rings. The van der Waals surface area contributed by atoms with Gasteiger partial charge in [0.05, 0.1) is 0 Å². The standard InChI is InChI=1S/C15H17F7N2O.ClH/c16-12-2-1-10(25-15(20,21)22)9-11(12)13(3-4-14(17,18)19)24-7-5-23-6-8-24;/h1-2,9,13,23H,3-8H2;1H/t13-;/m1./s1. The third-order valence-electron chi connectivity index (χ3n) is 3.85. The van der Waals surface area contributed by atoms with E-state index in [-0.39, 0.29) is 18.0 Å². The molecule has 1 N–H and O–H groups in total. The maximum atomic E-state index is 14.2. The van der Waals surface area contributed by atoms with Crippen LogP contribution in [0, 0.1) is 5.82 Å². The van der Waals surface area contributed by atoms with Crippen molar-refractivity contribution in [1.29, 1.82) is 0 Å². The number of halogens is 8. The van der Waals surface area contributed by atoms with Gasteiger partial charge in [0.25, 0.3) is 0 Å². The molecule has 2 rings (SSSR count). The minimum Gasteiger partial charge on any atom is -0.406 e. The highest BCUT2D eigenvalue weighted by atomic mass is 35.5. The van der Waals surface area contributed by atoms with Crippen molar-refractivity contribution in [3.63, 3.8) is 0 Å². The summed E-state index contributed by atoms with van der Waals surface area (Å²) >= 11 is 0. The van der Waals surface area contributed by atoms with Crippen molar-refractivity contribution in [3.8, 4) is 5.75 Å². The van der Waals surface area contributed by atoms with Gasteiger partial charge in [-0.2, -0.15) is 13.2 Å². The first-order valence-electron chi connectivity index (χ1n) is 7.62. The van der Waals surface area contributed by atoms with Crippen molar-refractivity contribution in [3.05, 3.63) is 29.6 Å². The number of ether oxygens (including phenoxy) is 1. The van der Waals surface area contributed by atoms with Crippen LogP contribution in [-0.2, 0) is 0 Å². The second-order valence-electron chi connectivity index (χ2n) is 5.69. The molecule has 0 spiro atoms. The van der Waals surface area contributed by atoms with E-state index in [1.54, 1.807) is 4.90 Å². The molecule has 3 nitrogen and oxygen atoms in total. The maximum absolute atomic E-state index is 14.2. The number of nitrogens with zero attached hydrogens (tertiary/aromatic N) is 1. The number of hydrogen-bond acceptors (Lipinski definition) is 3. The lowest BCUT2D eigenvalue weighted by atomic mass is 9.98. The summed E-state index contributed by atoms with van der Waals surface area (Å²) in [6.45, 7) is 1.74. The van der Waals surface area contributed by atoms with Crippen molar-refractivity contribution >= 4 is 12.4 Å². The average molecular weight is 411 g/mol. The van der Waals surface area contributed by atoms with E-state index in [1.807, 2.05) is 0 Å². The summed E-state index contributed by atoms with van der Waals surface area (Å²) in [5.74, 6) is -1.52. The lowest BCUT2D eigenvalue weighted by molar-refractivity contribution is -0.274. The molecular weight excluding hydrogens is 393 g/mol. The third-order valence-corrected chi connectivity index (χ3v) is 3.85. The number of hydrogen-bond donors (Lipinski definition) is 1. The van der Waals surface area contributed by atoms with E-state index in [2.05, 4.69) is 10.1 Å². The van der Waals surface area contributed by atoms with E-state index in [0.717, 1.165) is 18.2 Å². The molecule has 1 aromatic carbocycles. The highest BCUT2D eigenvalue weighted by molar-refractivity contribution is 5.85. The lowest BCUT2D eigenvalue weighted by Crippen LogP contribution is -2.45. The minimum absolute atomic E-state index is 0. The fourth-order valence-corrected chi connectivity index (χ4v) is 2.80. The van der Waals surface area contributed by atoms with Crippen LogP contribution in [0.3, 0.4) is 0 Å². The smallest absolute Gasteiger partial charge is 0.406 e. The maximum Gasteiger partial charge on any atom is 0.573 e. The van der Waals surface area contributed by atoms with Crippen LogP contribution in [0.5, 0.6) is 5.75 Å². The molecule has 0 saturated carbocycles. The molecule has 11 heteroatoms. The fourth-order valence-electron chi connectivity index (χ4n) is 2.80. The predicted octanol–water partition coefficient (Wildman–Crippen LogP) is 4.43. The molecular formula is C15H18ClF7N2O. The van der Waals surface area contributed by atoms with Crippen LogP contribution in [-0.4, -0.2) is 43.6 Å². The Morgan fingerprint density at radius 1 is 1.08 bits per heavy atom. The zero-order valence-corrected chi connectivity index (χ0v) is 14.3. The van der Waals surface area contributed by atoms with Crippen LogP contribution >= 0.6 is 12.4 Å². The first-order valence-corrected chi connectivity index (χ1v) is 7.62. The molecule has 0 amide bonds. The van der Waals surface area contributed by atoms with Gasteiger partial charge in [-0.25, -0.2) is 4.39 Å². The van der Waals surface area contributed by atoms with Gasteiger partial charge in [0, 0.05) is 44.2 Å². The summed E-state index contributed by atoms with van der Waals surface area (Å²) in [4.78, 5) is 1.64. The molecule has 150 valence electrons. The molecule has 0 aromatic heterocycles. The summed E-state index contributed by atoms with van der Waals surface area (Å²) in [6, 6.07) is 1.41. The van der Waals surface area contributed by atoms with Crippen molar-refractivity contribution in [1.82, 2.24) is 10.2 Å². The number of benzene rings is 1. The van der Waals surface area contributed by atoms with E-state index >= 15 is 0 Å². The SMILES string of the molecule is Cl.Fc1ccc(OC(F)(F)F)cc1[C@@H](CCC(F)(F)F)N1CCNCC1. The predicted molar refractivity (Wildman–Crippen MR) is 82.8 cm³/mol. The zero-order valence-electron chi connectivity index (χ0n) is 13.5. The third kappa shape index (κ3) is 7.16. The van der Waals surface area contributed by atoms with Gasteiger partial charge in [-0.1, -0.05) is 0 Å². The van der Waals surface area contributed by atoms with Crippen LogP contribution in [0.15, 0.2) is 18.2 Å². The topological polar surface area (TPSA) is 24.5 Å². The summed E-state index contributed by atoms with van der Waals surface area (Å²) in [6.07, 6.45) is -11.0. The number of nitrogens with one attached hydrogen (secondary N) is 1. The van der Waals surface area contributed by atoms with Gasteiger partial charge in [0.1, 0.15) is 11.6 Å². The minimum atomic E-state index is -4.97. The number of rotatable bonds is 5. The molecule has 0 aliphatic carbocycles. The van der Waals surface area contributed by atoms with Crippen molar-refractivity contribution < 1.29 is 35.5 Å². The highest BCUT2D eigenvalue weighted by Crippen LogP contribution is 2.35. The van der Waals surface area contributed by atoms with Crippen molar-refractivity contribution in [2.45, 2.75) is 31.4 Å². The Morgan fingerprint density at radius 2 is 1.69 bits per heavy atom. The van der Waals surface area contributed by atoms with Crippen LogP contribution in [0.1, 0.15) is 24.4 Å². The Morgan fingerprint density at radius 3 is 2.23 bits per heavy atom. The van der Waals surface area contributed by atoms with Gasteiger partial charge >= 0.3 is 12.5 Å². The summed E-state index contributed by atoms with van der Waals surface area (Å²) in [5, 5.41) is 3.02. The molecule has 1 aliphatic rings. The van der Waals surface area contributed by atoms with Crippen molar-refractivity contribution in [2.24, 2.45) is 0 Å². The molecule has 1 saturated heterocycles. The first kappa shape index (κ1) is 22.8. The molecule has 0 radical (unpaired) electrons. The van der Waals surface area contributed by atoms with Gasteiger partial charge in [-0.3, -0.25) is 4.90 Å². The van der Waals surface area contributed by atoms with Crippen LogP contribution in [0.4, 0.5) is 30.7 Å². The molecule has 1 heterocycles. The van der Waals surface area contributed by atoms with Gasteiger partial charge in [0.15, 0.2) is 0 Å². The Labute approximate surface area is 151 Å². The van der Waals surface area contributed by atoms with Crippen LogP contribution in [0.25, 0.3) is 0 Å². The van der Waals surface area contributed by atoms with Crippen LogP contribution in [0.2, 0.25) is 0 Å². The summed E-state index contributed by atoms with van der Waals surface area (Å²) in [5.41, 5.74) is -0.229. The second-order valence-corrected chi connectivity index (χ2v) is 5.69. The zero-order chi connectivity index (χ0) is 18.7. The normalized spacial score (nSPS) is 17.5. The Kier molecular flexibility index (Phi) is 7.97. The highest BCUT2D eigenvalue weighted by Gasteiger charge is 2.34. The Bertz CT molecular complexity index is 574. The molecule has 1 fully saturated rings. The van der Waals surface area contributed by atoms with Crippen molar-refractivity contribution in [2.75, 3.05) is 26.2 Å². The fraction of sp³-hybridized carbons (Fsp3) is 0.600. The number of piperazine rings is 1. The quantitative estimate of drug-likeness (QED) is 0.727. The van der Waals surface area contributed by atoms with E-state index in [9.17, 15) is 30.7 Å². The molecule has 0 unspecified atom stereocenters. The first-order chi connectivity index (χ1) is 11.6. The Hall–Kier alpha value is -1.26. The molecule has 26 heavy (non-hydrogen) atoms. The van der Waals surface area contributed by atoms with Crippen LogP contribution < -0.4 is 10.1 Å². The molecule has 1 atom stereocenters. The van der Waals surface area contributed by atoms with E-state index in [1.165, 1.54) is 0 Å². The average Bonchev–Trinajstić information content (AvgIpc) is 2.49. The van der Waals surface area contributed by atoms with Gasteiger partial charge in [-0.15, -0.1) is 25.6 Å². The summed E-state index contributed by atoms with van der Waals surface area (Å²) in [7, 11) is 0. The van der Waals surface area contributed by atoms with E-state index in [4.69, 9.17) is 0 Å². The van der Waals surface area contributed by atoms with E-state index in [0.29, 0.717) is 26.2 Å². The monoisotopic (exact) mass is 410 g/mol. The van der Waals surface area contributed by atoms with Gasteiger partial charge in [0.2, 0.25) is 0 Å². The lowest BCUT2D eigenvalue weighted by Gasteiger charge is -2.35. The van der Waals surface area contributed by atoms with Gasteiger partial charge < -0.3 is 10.1 Å². The molecule has 0 bridgehead atoms.